The van der Waals surface area contributed by atoms with Crippen LogP contribution in [0, 0.1) is 11.8 Å². The zero-order valence-electron chi connectivity index (χ0n) is 13.8. The largest absolute Gasteiger partial charge is 0.573 e. The molecule has 1 aromatic carbocycles. The molecule has 2 N–H and O–H groups in total. The maximum absolute atomic E-state index is 12.5. The minimum atomic E-state index is -4.81. The van der Waals surface area contributed by atoms with Crippen LogP contribution in [-0.2, 0) is 9.59 Å². The molecular weight excluding hydrogens is 339 g/mol. The minimum absolute atomic E-state index is 0.0808. The predicted molar refractivity (Wildman–Crippen MR) is 83.0 cm³/mol. The number of rotatable bonds is 7. The van der Waals surface area contributed by atoms with Crippen LogP contribution >= 0.6 is 0 Å². The molecule has 1 saturated carbocycles. The van der Waals surface area contributed by atoms with Crippen molar-refractivity contribution in [3.05, 3.63) is 29.8 Å². The van der Waals surface area contributed by atoms with Crippen molar-refractivity contribution in [1.29, 1.82) is 0 Å². The van der Waals surface area contributed by atoms with Gasteiger partial charge in [-0.05, 0) is 36.3 Å². The summed E-state index contributed by atoms with van der Waals surface area (Å²) in [5, 5.41) is 11.6. The van der Waals surface area contributed by atoms with Gasteiger partial charge in [0, 0.05) is 5.92 Å². The van der Waals surface area contributed by atoms with Crippen molar-refractivity contribution in [3.63, 3.8) is 0 Å². The molecule has 1 amide bonds. The van der Waals surface area contributed by atoms with Gasteiger partial charge < -0.3 is 15.2 Å². The van der Waals surface area contributed by atoms with Gasteiger partial charge in [0.2, 0.25) is 5.91 Å². The highest BCUT2D eigenvalue weighted by atomic mass is 19.4. The Morgan fingerprint density at radius 2 is 1.96 bits per heavy atom. The van der Waals surface area contributed by atoms with Crippen molar-refractivity contribution < 1.29 is 32.6 Å². The number of carbonyl (C=O) groups is 2. The summed E-state index contributed by atoms with van der Waals surface area (Å²) in [4.78, 5) is 23.5. The summed E-state index contributed by atoms with van der Waals surface area (Å²) in [5.41, 5.74) is 0.302. The van der Waals surface area contributed by atoms with E-state index in [2.05, 4.69) is 10.1 Å². The van der Waals surface area contributed by atoms with Gasteiger partial charge in [-0.2, -0.15) is 0 Å². The lowest BCUT2D eigenvalue weighted by Gasteiger charge is -2.17. The third-order valence-corrected chi connectivity index (χ3v) is 3.99. The number of carbonyl (C=O) groups excluding carboxylic acids is 1. The van der Waals surface area contributed by atoms with E-state index in [1.54, 1.807) is 6.07 Å². The van der Waals surface area contributed by atoms with Crippen molar-refractivity contribution >= 4 is 11.9 Å². The molecule has 1 aliphatic rings. The third kappa shape index (κ3) is 5.37. The van der Waals surface area contributed by atoms with Crippen LogP contribution in [0.15, 0.2) is 24.3 Å². The van der Waals surface area contributed by atoms with E-state index in [9.17, 15) is 22.8 Å². The predicted octanol–water partition coefficient (Wildman–Crippen LogP) is 3.30. The Hall–Kier alpha value is -2.25. The maximum Gasteiger partial charge on any atom is 0.573 e. The summed E-state index contributed by atoms with van der Waals surface area (Å²) in [6.45, 7) is 3.68. The molecule has 0 spiro atoms. The van der Waals surface area contributed by atoms with E-state index < -0.39 is 36.1 Å². The lowest BCUT2D eigenvalue weighted by molar-refractivity contribution is -0.274. The molecule has 0 radical (unpaired) electrons. The fraction of sp³-hybridized carbons (Fsp3) is 0.529. The number of carboxylic acids is 1. The molecule has 3 unspecified atom stereocenters. The van der Waals surface area contributed by atoms with E-state index in [4.69, 9.17) is 5.11 Å². The van der Waals surface area contributed by atoms with Crippen molar-refractivity contribution in [1.82, 2.24) is 5.32 Å². The van der Waals surface area contributed by atoms with Gasteiger partial charge in [-0.25, -0.2) is 4.79 Å². The number of carboxylic acid groups (broad SMARTS) is 1. The van der Waals surface area contributed by atoms with Crippen molar-refractivity contribution in [3.8, 4) is 5.75 Å². The van der Waals surface area contributed by atoms with Crippen LogP contribution in [-0.4, -0.2) is 29.4 Å². The number of halogens is 3. The van der Waals surface area contributed by atoms with E-state index in [0.717, 1.165) is 0 Å². The highest BCUT2D eigenvalue weighted by Crippen LogP contribution is 2.51. The van der Waals surface area contributed by atoms with Crippen LogP contribution in [0.3, 0.4) is 0 Å². The van der Waals surface area contributed by atoms with Gasteiger partial charge in [-0.3, -0.25) is 4.79 Å². The highest BCUT2D eigenvalue weighted by molar-refractivity contribution is 5.87. The van der Waals surface area contributed by atoms with Gasteiger partial charge >= 0.3 is 12.3 Å². The average molecular weight is 359 g/mol. The Morgan fingerprint density at radius 3 is 2.52 bits per heavy atom. The molecule has 2 rings (SSSR count). The number of nitrogens with one attached hydrogen (secondary N) is 1. The molecule has 0 aliphatic heterocycles. The number of alkyl halides is 3. The summed E-state index contributed by atoms with van der Waals surface area (Å²) >= 11 is 0. The summed E-state index contributed by atoms with van der Waals surface area (Å²) in [7, 11) is 0. The number of hydrogen-bond acceptors (Lipinski definition) is 3. The molecule has 0 bridgehead atoms. The Morgan fingerprint density at radius 1 is 1.32 bits per heavy atom. The second-order valence-corrected chi connectivity index (χ2v) is 6.56. The van der Waals surface area contributed by atoms with Crippen molar-refractivity contribution in [2.75, 3.05) is 0 Å². The molecule has 3 atom stereocenters. The lowest BCUT2D eigenvalue weighted by atomic mass is 10.0. The van der Waals surface area contributed by atoms with Crippen LogP contribution in [0.25, 0.3) is 0 Å². The first kappa shape index (κ1) is 19.1. The molecule has 5 nitrogen and oxygen atoms in total. The molecule has 138 valence electrons. The number of aliphatic carboxylic acids is 1. The Balaban J connectivity index is 2.05. The normalized spacial score (nSPS) is 20.9. The highest BCUT2D eigenvalue weighted by Gasteiger charge is 2.47. The molecule has 1 fully saturated rings. The number of para-hydroxylation sites is 1. The number of amides is 1. The van der Waals surface area contributed by atoms with Crippen molar-refractivity contribution in [2.45, 2.75) is 45.0 Å². The summed E-state index contributed by atoms with van der Waals surface area (Å²) in [5.74, 6) is -2.79. The van der Waals surface area contributed by atoms with E-state index in [-0.39, 0.29) is 18.1 Å². The van der Waals surface area contributed by atoms with Crippen LogP contribution in [0.2, 0.25) is 0 Å². The fourth-order valence-electron chi connectivity index (χ4n) is 2.80. The molecule has 1 aliphatic carbocycles. The van der Waals surface area contributed by atoms with Crippen LogP contribution in [0.1, 0.15) is 38.2 Å². The van der Waals surface area contributed by atoms with Crippen molar-refractivity contribution in [2.24, 2.45) is 11.8 Å². The van der Waals surface area contributed by atoms with Gasteiger partial charge in [0.1, 0.15) is 11.8 Å². The molecule has 8 heteroatoms. The Bertz CT molecular complexity index is 645. The Kier molecular flexibility index (Phi) is 5.59. The molecule has 1 aromatic rings. The van der Waals surface area contributed by atoms with Crippen LogP contribution < -0.4 is 10.1 Å². The Labute approximate surface area is 143 Å². The van der Waals surface area contributed by atoms with E-state index in [0.29, 0.717) is 12.0 Å². The van der Waals surface area contributed by atoms with E-state index in [1.165, 1.54) is 18.2 Å². The fourth-order valence-corrected chi connectivity index (χ4v) is 2.80. The molecule has 0 saturated heterocycles. The first-order valence-electron chi connectivity index (χ1n) is 7.96. The smallest absolute Gasteiger partial charge is 0.480 e. The number of ether oxygens (including phenoxy) is 1. The van der Waals surface area contributed by atoms with Gasteiger partial charge in [-0.1, -0.05) is 32.0 Å². The molecule has 0 aromatic heterocycles. The topological polar surface area (TPSA) is 75.6 Å². The standard InChI is InChI=1S/C17H20F3NO4/c1-9(2)7-13(16(23)24)21-15(22)12-8-11(12)10-5-3-4-6-14(10)25-17(18,19)20/h3-6,9,11-13H,7-8H2,1-2H3,(H,21,22)(H,23,24). The summed E-state index contributed by atoms with van der Waals surface area (Å²) in [6, 6.07) is 4.68. The molecular formula is C17H20F3NO4. The lowest BCUT2D eigenvalue weighted by Crippen LogP contribution is -2.42. The first-order chi connectivity index (χ1) is 11.6. The van der Waals surface area contributed by atoms with E-state index in [1.807, 2.05) is 13.8 Å². The summed E-state index contributed by atoms with van der Waals surface area (Å²) < 4.78 is 41.4. The summed E-state index contributed by atoms with van der Waals surface area (Å²) in [6.07, 6.45) is -4.17. The molecule has 25 heavy (non-hydrogen) atoms. The zero-order chi connectivity index (χ0) is 18.8. The number of hydrogen-bond donors (Lipinski definition) is 2. The third-order valence-electron chi connectivity index (χ3n) is 3.99. The van der Waals surface area contributed by atoms with Gasteiger partial charge in [0.15, 0.2) is 0 Å². The zero-order valence-corrected chi connectivity index (χ0v) is 13.8. The monoisotopic (exact) mass is 359 g/mol. The number of benzene rings is 1. The SMILES string of the molecule is CC(C)CC(NC(=O)C1CC1c1ccccc1OC(F)(F)F)C(=O)O. The van der Waals surface area contributed by atoms with Gasteiger partial charge in [0.05, 0.1) is 0 Å². The van der Waals surface area contributed by atoms with Gasteiger partial charge in [0.25, 0.3) is 0 Å². The first-order valence-corrected chi connectivity index (χ1v) is 7.96. The second kappa shape index (κ2) is 7.33. The average Bonchev–Trinajstić information content (AvgIpc) is 3.25. The van der Waals surface area contributed by atoms with Gasteiger partial charge in [-0.15, -0.1) is 13.2 Å². The minimum Gasteiger partial charge on any atom is -0.480 e. The quantitative estimate of drug-likeness (QED) is 0.783. The van der Waals surface area contributed by atoms with Crippen LogP contribution in [0.4, 0.5) is 13.2 Å². The van der Waals surface area contributed by atoms with E-state index >= 15 is 0 Å². The second-order valence-electron chi connectivity index (χ2n) is 6.56. The van der Waals surface area contributed by atoms with Crippen LogP contribution in [0.5, 0.6) is 5.75 Å². The molecule has 0 heterocycles. The maximum atomic E-state index is 12.5.